The van der Waals surface area contributed by atoms with E-state index in [0.717, 1.165) is 22.3 Å². The molecule has 1 atom stereocenters. The number of nitrogens with zero attached hydrogens (tertiary/aromatic N) is 3. The molecule has 86 valence electrons. The second-order valence-corrected chi connectivity index (χ2v) is 4.60. The molecule has 0 saturated carbocycles. The lowest BCUT2D eigenvalue weighted by Gasteiger charge is -2.19. The zero-order chi connectivity index (χ0) is 11.8. The predicted octanol–water partition coefficient (Wildman–Crippen LogP) is 1.55. The van der Waals surface area contributed by atoms with Crippen LogP contribution in [-0.4, -0.2) is 20.4 Å². The molecule has 1 amide bonds. The molecule has 1 aliphatic rings. The number of carbonyl (C=O) groups excluding carboxylic acids is 1. The molecule has 0 saturated heterocycles. The second kappa shape index (κ2) is 3.89. The number of amides is 1. The highest BCUT2D eigenvalue weighted by molar-refractivity contribution is 7.00. The van der Waals surface area contributed by atoms with E-state index < -0.39 is 0 Å². The van der Waals surface area contributed by atoms with E-state index in [1.807, 2.05) is 25.1 Å². The van der Waals surface area contributed by atoms with Crippen molar-refractivity contribution in [2.75, 3.05) is 0 Å². The third-order valence-corrected chi connectivity index (χ3v) is 3.36. The molecule has 0 bridgehead atoms. The molecular formula is C11H10N4OS. The molecule has 17 heavy (non-hydrogen) atoms. The molecule has 2 heterocycles. The Morgan fingerprint density at radius 1 is 1.41 bits per heavy atom. The molecule has 0 aliphatic carbocycles. The van der Waals surface area contributed by atoms with Crippen LogP contribution < -0.4 is 5.43 Å². The summed E-state index contributed by atoms with van der Waals surface area (Å²) in [5, 5.41) is 4.15. The Labute approximate surface area is 102 Å². The van der Waals surface area contributed by atoms with Crippen LogP contribution in [0, 0.1) is 5.92 Å². The van der Waals surface area contributed by atoms with Crippen LogP contribution in [0.1, 0.15) is 18.9 Å². The standard InChI is InChI=1S/C11H10N4OS/c1-6-5-9(16)12-13-10(6)7-3-2-4-8-11(7)15-17-14-8/h2-4,6H,5H2,1H3,(H,12,16). The fourth-order valence-electron chi connectivity index (χ4n) is 1.99. The van der Waals surface area contributed by atoms with Crippen LogP contribution in [0.15, 0.2) is 23.3 Å². The topological polar surface area (TPSA) is 67.2 Å². The van der Waals surface area contributed by atoms with Gasteiger partial charge in [-0.2, -0.15) is 13.8 Å². The van der Waals surface area contributed by atoms with Gasteiger partial charge in [-0.05, 0) is 6.07 Å². The minimum atomic E-state index is -0.0372. The van der Waals surface area contributed by atoms with Crippen molar-refractivity contribution in [2.45, 2.75) is 13.3 Å². The smallest absolute Gasteiger partial charge is 0.240 e. The van der Waals surface area contributed by atoms with E-state index in [-0.39, 0.29) is 11.8 Å². The molecule has 0 fully saturated rings. The van der Waals surface area contributed by atoms with Gasteiger partial charge in [0.15, 0.2) is 0 Å². The Kier molecular flexibility index (Phi) is 2.36. The SMILES string of the molecule is CC1CC(=O)NN=C1c1cccc2nsnc12. The lowest BCUT2D eigenvalue weighted by molar-refractivity contribution is -0.121. The number of hydrogen-bond donors (Lipinski definition) is 1. The van der Waals surface area contributed by atoms with E-state index in [4.69, 9.17) is 0 Å². The van der Waals surface area contributed by atoms with Crippen molar-refractivity contribution in [3.8, 4) is 0 Å². The molecule has 1 aromatic heterocycles. The van der Waals surface area contributed by atoms with Crippen molar-refractivity contribution < 1.29 is 4.79 Å². The summed E-state index contributed by atoms with van der Waals surface area (Å²) in [7, 11) is 0. The average molecular weight is 246 g/mol. The van der Waals surface area contributed by atoms with E-state index in [1.54, 1.807) is 0 Å². The molecule has 1 unspecified atom stereocenters. The molecule has 6 heteroatoms. The first-order valence-corrected chi connectivity index (χ1v) is 6.07. The van der Waals surface area contributed by atoms with Gasteiger partial charge in [0.25, 0.3) is 0 Å². The predicted molar refractivity (Wildman–Crippen MR) is 65.9 cm³/mol. The summed E-state index contributed by atoms with van der Waals surface area (Å²) in [6.45, 7) is 2.00. The number of benzene rings is 1. The second-order valence-electron chi connectivity index (χ2n) is 4.07. The maximum absolute atomic E-state index is 11.2. The highest BCUT2D eigenvalue weighted by Gasteiger charge is 2.23. The number of nitrogens with one attached hydrogen (secondary N) is 1. The Morgan fingerprint density at radius 2 is 2.29 bits per heavy atom. The van der Waals surface area contributed by atoms with Crippen LogP contribution >= 0.6 is 11.7 Å². The highest BCUT2D eigenvalue weighted by atomic mass is 32.1. The van der Waals surface area contributed by atoms with E-state index in [9.17, 15) is 4.79 Å². The third kappa shape index (κ3) is 1.70. The van der Waals surface area contributed by atoms with E-state index in [0.29, 0.717) is 6.42 Å². The van der Waals surface area contributed by atoms with Crippen LogP contribution in [0.2, 0.25) is 0 Å². The number of fused-ring (bicyclic) bond motifs is 1. The van der Waals surface area contributed by atoms with Gasteiger partial charge in [0.2, 0.25) is 5.91 Å². The van der Waals surface area contributed by atoms with Crippen LogP contribution in [0.3, 0.4) is 0 Å². The van der Waals surface area contributed by atoms with Gasteiger partial charge in [-0.25, -0.2) is 5.43 Å². The first-order chi connectivity index (χ1) is 8.25. The zero-order valence-electron chi connectivity index (χ0n) is 9.17. The molecule has 3 rings (SSSR count). The summed E-state index contributed by atoms with van der Waals surface area (Å²) in [4.78, 5) is 11.2. The summed E-state index contributed by atoms with van der Waals surface area (Å²) in [6.07, 6.45) is 0.465. The maximum atomic E-state index is 11.2. The van der Waals surface area contributed by atoms with Crippen LogP contribution in [0.5, 0.6) is 0 Å². The van der Waals surface area contributed by atoms with Gasteiger partial charge in [0.05, 0.1) is 17.4 Å². The summed E-state index contributed by atoms with van der Waals surface area (Å²) >= 11 is 1.19. The van der Waals surface area contributed by atoms with E-state index >= 15 is 0 Å². The number of rotatable bonds is 1. The first kappa shape index (κ1) is 10.3. The molecular weight excluding hydrogens is 236 g/mol. The summed E-state index contributed by atoms with van der Waals surface area (Å²) in [5.74, 6) is 0.0703. The largest absolute Gasteiger partial charge is 0.273 e. The van der Waals surface area contributed by atoms with Gasteiger partial charge in [-0.15, -0.1) is 0 Å². The minimum absolute atomic E-state index is 0.0372. The van der Waals surface area contributed by atoms with Gasteiger partial charge in [-0.1, -0.05) is 19.1 Å². The summed E-state index contributed by atoms with van der Waals surface area (Å²) in [6, 6.07) is 5.83. The van der Waals surface area contributed by atoms with Crippen molar-refractivity contribution >= 4 is 34.4 Å². The lowest BCUT2D eigenvalue weighted by Crippen LogP contribution is -2.32. The van der Waals surface area contributed by atoms with Gasteiger partial charge in [0, 0.05) is 17.9 Å². The lowest BCUT2D eigenvalue weighted by atomic mass is 9.93. The quantitative estimate of drug-likeness (QED) is 0.830. The Hall–Kier alpha value is -1.82. The zero-order valence-corrected chi connectivity index (χ0v) is 9.99. The Morgan fingerprint density at radius 3 is 3.12 bits per heavy atom. The molecule has 1 aromatic carbocycles. The molecule has 0 spiro atoms. The Bertz CT molecular complexity index is 619. The van der Waals surface area contributed by atoms with Crippen LogP contribution in [-0.2, 0) is 4.79 Å². The molecule has 1 aliphatic heterocycles. The molecule has 1 N–H and O–H groups in total. The Balaban J connectivity index is 2.15. The first-order valence-electron chi connectivity index (χ1n) is 5.34. The maximum Gasteiger partial charge on any atom is 0.240 e. The van der Waals surface area contributed by atoms with Crippen molar-refractivity contribution in [2.24, 2.45) is 11.0 Å². The van der Waals surface area contributed by atoms with E-state index in [2.05, 4.69) is 19.3 Å². The van der Waals surface area contributed by atoms with Gasteiger partial charge in [0.1, 0.15) is 11.0 Å². The average Bonchev–Trinajstić information content (AvgIpc) is 2.77. The van der Waals surface area contributed by atoms with Crippen molar-refractivity contribution in [3.63, 3.8) is 0 Å². The van der Waals surface area contributed by atoms with Gasteiger partial charge in [-0.3, -0.25) is 4.79 Å². The highest BCUT2D eigenvalue weighted by Crippen LogP contribution is 2.22. The third-order valence-electron chi connectivity index (χ3n) is 2.82. The molecule has 2 aromatic rings. The monoisotopic (exact) mass is 246 g/mol. The fourth-order valence-corrected chi connectivity index (χ4v) is 2.54. The van der Waals surface area contributed by atoms with Gasteiger partial charge >= 0.3 is 0 Å². The number of hydrazone groups is 1. The summed E-state index contributed by atoms with van der Waals surface area (Å²) < 4.78 is 8.49. The summed E-state index contributed by atoms with van der Waals surface area (Å²) in [5.41, 5.74) is 6.10. The van der Waals surface area contributed by atoms with Crippen molar-refractivity contribution in [3.05, 3.63) is 23.8 Å². The number of aromatic nitrogens is 2. The fraction of sp³-hybridized carbons (Fsp3) is 0.273. The van der Waals surface area contributed by atoms with E-state index in [1.165, 1.54) is 11.7 Å². The van der Waals surface area contributed by atoms with Crippen LogP contribution in [0.25, 0.3) is 11.0 Å². The normalized spacial score (nSPS) is 20.2. The number of carbonyl (C=O) groups is 1. The molecule has 5 nitrogen and oxygen atoms in total. The van der Waals surface area contributed by atoms with Crippen molar-refractivity contribution in [1.29, 1.82) is 0 Å². The number of hydrogen-bond acceptors (Lipinski definition) is 5. The molecule has 0 radical (unpaired) electrons. The minimum Gasteiger partial charge on any atom is -0.273 e. The van der Waals surface area contributed by atoms with Gasteiger partial charge < -0.3 is 0 Å². The van der Waals surface area contributed by atoms with Crippen LogP contribution in [0.4, 0.5) is 0 Å². The van der Waals surface area contributed by atoms with Crippen molar-refractivity contribution in [1.82, 2.24) is 14.2 Å².